The molecule has 4 heteroatoms. The Morgan fingerprint density at radius 3 is 2.69 bits per heavy atom. The molecule has 0 bridgehead atoms. The zero-order valence-corrected chi connectivity index (χ0v) is 10.2. The van der Waals surface area contributed by atoms with Crippen molar-refractivity contribution in [2.24, 2.45) is 0 Å². The molecule has 0 aliphatic heterocycles. The van der Waals surface area contributed by atoms with E-state index >= 15 is 0 Å². The molecule has 0 heterocycles. The van der Waals surface area contributed by atoms with Gasteiger partial charge >= 0.3 is 5.97 Å². The lowest BCUT2D eigenvalue weighted by molar-refractivity contribution is 0.0524. The summed E-state index contributed by atoms with van der Waals surface area (Å²) in [6.45, 7) is 4.00. The van der Waals surface area contributed by atoms with Gasteiger partial charge in [0.2, 0.25) is 0 Å². The van der Waals surface area contributed by atoms with Gasteiger partial charge in [-0.1, -0.05) is 6.92 Å². The van der Waals surface area contributed by atoms with Crippen LogP contribution in [0.15, 0.2) is 17.0 Å². The molecule has 0 aliphatic rings. The maximum atomic E-state index is 11.7. The lowest BCUT2D eigenvalue weighted by Crippen LogP contribution is -2.09. The van der Waals surface area contributed by atoms with Crippen LogP contribution in [0.5, 0.6) is 0 Å². The Labute approximate surface area is 100 Å². The first-order chi connectivity index (χ1) is 7.63. The molecule has 0 unspecified atom stereocenters. The summed E-state index contributed by atoms with van der Waals surface area (Å²) >= 11 is 4.28. The topological polar surface area (TPSA) is 50.1 Å². The van der Waals surface area contributed by atoms with Crippen LogP contribution in [0, 0.1) is 11.3 Å². The van der Waals surface area contributed by atoms with E-state index < -0.39 is 5.97 Å². The standard InChI is InChI=1S/C12H13NO2S/c1-3-9-10(12(14)15-4-2)5-8(7-13)6-11(9)16/h5-6,16H,3-4H2,1-2H3. The van der Waals surface area contributed by atoms with E-state index in [9.17, 15) is 4.79 Å². The molecule has 0 atom stereocenters. The zero-order valence-electron chi connectivity index (χ0n) is 9.28. The van der Waals surface area contributed by atoms with Crippen LogP contribution in [-0.4, -0.2) is 12.6 Å². The van der Waals surface area contributed by atoms with E-state index in [1.807, 2.05) is 13.0 Å². The molecule has 0 amide bonds. The van der Waals surface area contributed by atoms with Crippen LogP contribution in [0.2, 0.25) is 0 Å². The van der Waals surface area contributed by atoms with E-state index in [-0.39, 0.29) is 0 Å². The second kappa shape index (κ2) is 5.57. The van der Waals surface area contributed by atoms with Gasteiger partial charge in [0, 0.05) is 4.90 Å². The summed E-state index contributed by atoms with van der Waals surface area (Å²) in [7, 11) is 0. The van der Waals surface area contributed by atoms with Gasteiger partial charge in [0.05, 0.1) is 23.8 Å². The van der Waals surface area contributed by atoms with Crippen LogP contribution in [0.4, 0.5) is 0 Å². The molecule has 0 saturated heterocycles. The third kappa shape index (κ3) is 2.56. The van der Waals surface area contributed by atoms with Crippen LogP contribution in [-0.2, 0) is 11.2 Å². The van der Waals surface area contributed by atoms with Crippen molar-refractivity contribution in [2.45, 2.75) is 25.2 Å². The SMILES string of the molecule is CCOC(=O)c1cc(C#N)cc(S)c1CC. The van der Waals surface area contributed by atoms with Crippen molar-refractivity contribution >= 4 is 18.6 Å². The van der Waals surface area contributed by atoms with Crippen LogP contribution in [0.25, 0.3) is 0 Å². The van der Waals surface area contributed by atoms with Gasteiger partial charge in [-0.15, -0.1) is 12.6 Å². The number of hydrogen-bond donors (Lipinski definition) is 1. The fourth-order valence-corrected chi connectivity index (χ4v) is 1.90. The van der Waals surface area contributed by atoms with Gasteiger partial charge < -0.3 is 4.74 Å². The molecular weight excluding hydrogens is 222 g/mol. The molecule has 0 radical (unpaired) electrons. The van der Waals surface area contributed by atoms with Gasteiger partial charge in [0.25, 0.3) is 0 Å². The van der Waals surface area contributed by atoms with Crippen molar-refractivity contribution in [1.29, 1.82) is 5.26 Å². The van der Waals surface area contributed by atoms with Crippen molar-refractivity contribution in [2.75, 3.05) is 6.61 Å². The quantitative estimate of drug-likeness (QED) is 0.647. The van der Waals surface area contributed by atoms with Gasteiger partial charge in [-0.3, -0.25) is 0 Å². The van der Waals surface area contributed by atoms with E-state index in [0.29, 0.717) is 29.1 Å². The Hall–Kier alpha value is -1.47. The number of carbonyl (C=O) groups excluding carboxylic acids is 1. The Balaban J connectivity index is 3.29. The largest absolute Gasteiger partial charge is 0.462 e. The van der Waals surface area contributed by atoms with Crippen LogP contribution >= 0.6 is 12.6 Å². The number of hydrogen-bond acceptors (Lipinski definition) is 4. The third-order valence-electron chi connectivity index (χ3n) is 2.20. The number of carbonyl (C=O) groups is 1. The van der Waals surface area contributed by atoms with Crippen molar-refractivity contribution < 1.29 is 9.53 Å². The first-order valence-corrected chi connectivity index (χ1v) is 5.51. The van der Waals surface area contributed by atoms with E-state index in [1.54, 1.807) is 19.1 Å². The summed E-state index contributed by atoms with van der Waals surface area (Å²) in [6.07, 6.45) is 0.679. The molecule has 0 aliphatic carbocycles. The van der Waals surface area contributed by atoms with Crippen LogP contribution in [0.3, 0.4) is 0 Å². The van der Waals surface area contributed by atoms with E-state index in [1.165, 1.54) is 0 Å². The van der Waals surface area contributed by atoms with Crippen LogP contribution < -0.4 is 0 Å². The average Bonchev–Trinajstić information content (AvgIpc) is 2.28. The summed E-state index contributed by atoms with van der Waals surface area (Å²) < 4.78 is 4.94. The van der Waals surface area contributed by atoms with Crippen molar-refractivity contribution in [3.8, 4) is 6.07 Å². The number of nitriles is 1. The smallest absolute Gasteiger partial charge is 0.338 e. The fourth-order valence-electron chi connectivity index (χ4n) is 1.48. The molecule has 1 rings (SSSR count). The molecule has 84 valence electrons. The molecular formula is C12H13NO2S. The monoisotopic (exact) mass is 235 g/mol. The first kappa shape index (κ1) is 12.6. The molecule has 16 heavy (non-hydrogen) atoms. The number of nitrogens with zero attached hydrogens (tertiary/aromatic N) is 1. The predicted octanol–water partition coefficient (Wildman–Crippen LogP) is 2.59. The summed E-state index contributed by atoms with van der Waals surface area (Å²) in [5.74, 6) is -0.397. The summed E-state index contributed by atoms with van der Waals surface area (Å²) in [4.78, 5) is 12.3. The number of thiol groups is 1. The normalized spacial score (nSPS) is 9.62. The Kier molecular flexibility index (Phi) is 4.39. The third-order valence-corrected chi connectivity index (χ3v) is 2.60. The highest BCUT2D eigenvalue weighted by Crippen LogP contribution is 2.22. The molecule has 0 saturated carbocycles. The highest BCUT2D eigenvalue weighted by Gasteiger charge is 2.15. The van der Waals surface area contributed by atoms with E-state index in [2.05, 4.69) is 12.6 Å². The summed E-state index contributed by atoms with van der Waals surface area (Å²) in [6, 6.07) is 5.21. The van der Waals surface area contributed by atoms with Gasteiger partial charge in [0.1, 0.15) is 0 Å². The molecule has 0 N–H and O–H groups in total. The Morgan fingerprint density at radius 2 is 2.19 bits per heavy atom. The molecule has 0 spiro atoms. The highest BCUT2D eigenvalue weighted by molar-refractivity contribution is 7.80. The molecule has 1 aromatic rings. The molecule has 0 fully saturated rings. The molecule has 1 aromatic carbocycles. The maximum absolute atomic E-state index is 11.7. The van der Waals surface area contributed by atoms with Gasteiger partial charge in [0.15, 0.2) is 0 Å². The Morgan fingerprint density at radius 1 is 1.50 bits per heavy atom. The number of rotatable bonds is 3. The van der Waals surface area contributed by atoms with E-state index in [4.69, 9.17) is 10.00 Å². The maximum Gasteiger partial charge on any atom is 0.338 e. The predicted molar refractivity (Wildman–Crippen MR) is 63.7 cm³/mol. The van der Waals surface area contributed by atoms with E-state index in [0.717, 1.165) is 5.56 Å². The van der Waals surface area contributed by atoms with Gasteiger partial charge in [-0.25, -0.2) is 4.79 Å². The Bertz CT molecular complexity index is 449. The first-order valence-electron chi connectivity index (χ1n) is 5.07. The summed E-state index contributed by atoms with van der Waals surface area (Å²) in [5, 5.41) is 8.83. The minimum Gasteiger partial charge on any atom is -0.462 e. The lowest BCUT2D eigenvalue weighted by Gasteiger charge is -2.10. The summed E-state index contributed by atoms with van der Waals surface area (Å²) in [5.41, 5.74) is 1.68. The van der Waals surface area contributed by atoms with Gasteiger partial charge in [-0.05, 0) is 31.0 Å². The lowest BCUT2D eigenvalue weighted by atomic mass is 10.0. The number of benzene rings is 1. The van der Waals surface area contributed by atoms with Crippen molar-refractivity contribution in [3.63, 3.8) is 0 Å². The molecule has 3 nitrogen and oxygen atoms in total. The minimum absolute atomic E-state index is 0.320. The number of esters is 1. The fraction of sp³-hybridized carbons (Fsp3) is 0.333. The van der Waals surface area contributed by atoms with Crippen LogP contribution in [0.1, 0.15) is 35.3 Å². The average molecular weight is 235 g/mol. The number of ether oxygens (including phenoxy) is 1. The van der Waals surface area contributed by atoms with Gasteiger partial charge in [-0.2, -0.15) is 5.26 Å². The minimum atomic E-state index is -0.397. The zero-order chi connectivity index (χ0) is 12.1. The highest BCUT2D eigenvalue weighted by atomic mass is 32.1. The second-order valence-electron chi connectivity index (χ2n) is 3.21. The second-order valence-corrected chi connectivity index (χ2v) is 3.69. The molecule has 0 aromatic heterocycles. The van der Waals surface area contributed by atoms with Crippen molar-refractivity contribution in [1.82, 2.24) is 0 Å². The van der Waals surface area contributed by atoms with Crippen molar-refractivity contribution in [3.05, 3.63) is 28.8 Å².